The lowest BCUT2D eigenvalue weighted by Crippen LogP contribution is -2.30. The summed E-state index contributed by atoms with van der Waals surface area (Å²) in [6.45, 7) is 6.38. The molecule has 0 aliphatic heterocycles. The van der Waals surface area contributed by atoms with E-state index in [9.17, 15) is 14.4 Å². The van der Waals surface area contributed by atoms with E-state index in [1.165, 1.54) is 109 Å². The summed E-state index contributed by atoms with van der Waals surface area (Å²) in [4.78, 5) is 38.3. The summed E-state index contributed by atoms with van der Waals surface area (Å²) < 4.78 is 16.9. The SMILES string of the molecule is CC/C=C\C/C=C\C/C=C\C/C=C\C/C=C\C/C=C\C/C=C\C/C=C\C/C=C\CCCC(=O)OCC(COC(=O)CCCCCCCCCCCCCCCCCC)OC(=O)CCCCCCCCC/C=C\C/C=C\C/C=C\CC. The average molecular weight is 1110 g/mol. The van der Waals surface area contributed by atoms with Crippen LogP contribution in [0.25, 0.3) is 0 Å². The topological polar surface area (TPSA) is 78.9 Å². The summed E-state index contributed by atoms with van der Waals surface area (Å²) in [5.41, 5.74) is 0. The highest BCUT2D eigenvalue weighted by Gasteiger charge is 2.19. The van der Waals surface area contributed by atoms with Crippen molar-refractivity contribution in [2.45, 2.75) is 290 Å². The summed E-state index contributed by atoms with van der Waals surface area (Å²) in [5.74, 6) is -0.971. The van der Waals surface area contributed by atoms with Crippen LogP contribution in [0.1, 0.15) is 284 Å². The first kappa shape index (κ1) is 75.3. The second-order valence-corrected chi connectivity index (χ2v) is 21.3. The van der Waals surface area contributed by atoms with Gasteiger partial charge in [-0.15, -0.1) is 0 Å². The minimum absolute atomic E-state index is 0.102. The van der Waals surface area contributed by atoms with Crippen LogP contribution in [0, 0.1) is 0 Å². The van der Waals surface area contributed by atoms with Crippen LogP contribution in [0.15, 0.2) is 146 Å². The molecule has 0 radical (unpaired) electrons. The van der Waals surface area contributed by atoms with Gasteiger partial charge in [0.1, 0.15) is 13.2 Å². The molecule has 0 bridgehead atoms. The minimum Gasteiger partial charge on any atom is -0.462 e. The second kappa shape index (κ2) is 66.8. The monoisotopic (exact) mass is 1100 g/mol. The zero-order chi connectivity index (χ0) is 57.8. The normalized spacial score (nSPS) is 13.1. The number of allylic oxidation sites excluding steroid dienone is 24. The zero-order valence-electron chi connectivity index (χ0n) is 51.8. The zero-order valence-corrected chi connectivity index (χ0v) is 51.8. The molecule has 0 aromatic heterocycles. The Balaban J connectivity index is 4.47. The Morgan fingerprint density at radius 1 is 0.263 bits per heavy atom. The molecule has 80 heavy (non-hydrogen) atoms. The van der Waals surface area contributed by atoms with Crippen molar-refractivity contribution in [2.24, 2.45) is 0 Å². The van der Waals surface area contributed by atoms with Crippen molar-refractivity contribution in [3.05, 3.63) is 146 Å². The minimum atomic E-state index is -0.813. The Bertz CT molecular complexity index is 1750. The van der Waals surface area contributed by atoms with Crippen molar-refractivity contribution in [1.29, 1.82) is 0 Å². The van der Waals surface area contributed by atoms with E-state index in [1.54, 1.807) is 0 Å². The summed E-state index contributed by atoms with van der Waals surface area (Å²) in [5, 5.41) is 0. The third kappa shape index (κ3) is 64.1. The maximum Gasteiger partial charge on any atom is 0.306 e. The average Bonchev–Trinajstić information content (AvgIpc) is 3.46. The molecule has 0 fully saturated rings. The molecule has 0 aromatic rings. The first-order chi connectivity index (χ1) is 39.5. The van der Waals surface area contributed by atoms with Crippen LogP contribution >= 0.6 is 0 Å². The smallest absolute Gasteiger partial charge is 0.306 e. The van der Waals surface area contributed by atoms with Gasteiger partial charge in [0.15, 0.2) is 6.10 Å². The van der Waals surface area contributed by atoms with Gasteiger partial charge in [-0.05, 0) is 116 Å². The van der Waals surface area contributed by atoms with Gasteiger partial charge in [0.2, 0.25) is 0 Å². The Morgan fingerprint density at radius 2 is 0.500 bits per heavy atom. The maximum atomic E-state index is 12.9. The van der Waals surface area contributed by atoms with Crippen LogP contribution < -0.4 is 0 Å². The molecule has 0 saturated carbocycles. The molecule has 6 heteroatoms. The predicted octanol–water partition coefficient (Wildman–Crippen LogP) is 22.7. The summed E-state index contributed by atoms with van der Waals surface area (Å²) in [6, 6.07) is 0. The van der Waals surface area contributed by atoms with Crippen LogP contribution in [0.3, 0.4) is 0 Å². The van der Waals surface area contributed by atoms with E-state index in [0.717, 1.165) is 128 Å². The molecule has 0 aliphatic rings. The number of hydrogen-bond donors (Lipinski definition) is 0. The van der Waals surface area contributed by atoms with Crippen molar-refractivity contribution in [3.8, 4) is 0 Å². The standard InChI is InChI=1S/C74H120O6/c1-4-7-10-13-16-19-22-25-28-31-32-33-34-35-36-37-38-39-40-41-42-44-46-49-52-55-58-61-64-67-73(76)79-70-71(69-78-72(75)66-63-60-57-54-51-48-45-30-27-24-21-18-15-12-9-6-3)80-74(77)68-65-62-59-56-53-50-47-43-29-26-23-20-17-14-11-8-5-2/h7-8,10-11,16-17,19-20,25-26,28-29,32-33,35-36,38-39,41-42,46,49,55,58,71H,4-6,9,12-15,18,21-24,27,30-31,34,37,40,43-45,47-48,50-54,56-57,59-70H2,1-3H3/b10-7-,11-8-,19-16-,20-17-,28-25-,29-26-,33-32-,36-35-,39-38-,42-41-,49-46-,58-55-. The number of carbonyl (C=O) groups is 3. The lowest BCUT2D eigenvalue weighted by Gasteiger charge is -2.18. The third-order valence-corrected chi connectivity index (χ3v) is 13.6. The second-order valence-electron chi connectivity index (χ2n) is 21.3. The molecule has 0 aliphatic carbocycles. The third-order valence-electron chi connectivity index (χ3n) is 13.6. The van der Waals surface area contributed by atoms with Gasteiger partial charge in [-0.1, -0.05) is 295 Å². The number of ether oxygens (including phenoxy) is 3. The molecule has 0 saturated heterocycles. The molecule has 6 nitrogen and oxygen atoms in total. The van der Waals surface area contributed by atoms with Gasteiger partial charge in [0.25, 0.3) is 0 Å². The van der Waals surface area contributed by atoms with Gasteiger partial charge in [-0.25, -0.2) is 0 Å². The van der Waals surface area contributed by atoms with E-state index < -0.39 is 6.10 Å². The van der Waals surface area contributed by atoms with E-state index in [4.69, 9.17) is 14.2 Å². The number of hydrogen-bond acceptors (Lipinski definition) is 6. The van der Waals surface area contributed by atoms with Gasteiger partial charge in [-0.2, -0.15) is 0 Å². The van der Waals surface area contributed by atoms with Crippen molar-refractivity contribution >= 4 is 17.9 Å². The molecule has 0 spiro atoms. The maximum absolute atomic E-state index is 12.9. The van der Waals surface area contributed by atoms with E-state index in [0.29, 0.717) is 19.3 Å². The number of rotatable bonds is 58. The van der Waals surface area contributed by atoms with Crippen LogP contribution in [-0.2, 0) is 28.6 Å². The first-order valence-corrected chi connectivity index (χ1v) is 32.8. The molecular formula is C74H120O6. The van der Waals surface area contributed by atoms with Crippen LogP contribution in [-0.4, -0.2) is 37.2 Å². The predicted molar refractivity (Wildman–Crippen MR) is 348 cm³/mol. The highest BCUT2D eigenvalue weighted by molar-refractivity contribution is 5.71. The Morgan fingerprint density at radius 3 is 0.812 bits per heavy atom. The Kier molecular flexibility index (Phi) is 62.9. The van der Waals surface area contributed by atoms with Gasteiger partial charge in [0.05, 0.1) is 0 Å². The van der Waals surface area contributed by atoms with Crippen molar-refractivity contribution < 1.29 is 28.6 Å². The summed E-state index contributed by atoms with van der Waals surface area (Å²) in [7, 11) is 0. The van der Waals surface area contributed by atoms with Gasteiger partial charge in [0, 0.05) is 19.3 Å². The fourth-order valence-corrected chi connectivity index (χ4v) is 8.75. The Hall–Kier alpha value is -4.71. The van der Waals surface area contributed by atoms with E-state index in [-0.39, 0.29) is 37.5 Å². The van der Waals surface area contributed by atoms with E-state index in [2.05, 4.69) is 167 Å². The molecule has 0 N–H and O–H groups in total. The van der Waals surface area contributed by atoms with E-state index in [1.807, 2.05) is 0 Å². The number of esters is 3. The molecule has 0 aromatic carbocycles. The highest BCUT2D eigenvalue weighted by atomic mass is 16.6. The summed E-state index contributed by atoms with van der Waals surface area (Å²) in [6.07, 6.45) is 95.7. The van der Waals surface area contributed by atoms with Crippen molar-refractivity contribution in [2.75, 3.05) is 13.2 Å². The molecular weight excluding hydrogens is 985 g/mol. The lowest BCUT2D eigenvalue weighted by molar-refractivity contribution is -0.167. The van der Waals surface area contributed by atoms with Crippen LogP contribution in [0.2, 0.25) is 0 Å². The van der Waals surface area contributed by atoms with Gasteiger partial charge >= 0.3 is 17.9 Å². The first-order valence-electron chi connectivity index (χ1n) is 32.8. The fraction of sp³-hybridized carbons (Fsp3) is 0.635. The molecule has 0 rings (SSSR count). The largest absolute Gasteiger partial charge is 0.462 e. The Labute approximate surface area is 493 Å². The fourth-order valence-electron chi connectivity index (χ4n) is 8.75. The molecule has 1 atom stereocenters. The summed E-state index contributed by atoms with van der Waals surface area (Å²) >= 11 is 0. The van der Waals surface area contributed by atoms with Crippen LogP contribution in [0.5, 0.6) is 0 Å². The molecule has 0 heterocycles. The van der Waals surface area contributed by atoms with Crippen molar-refractivity contribution in [1.82, 2.24) is 0 Å². The van der Waals surface area contributed by atoms with Crippen molar-refractivity contribution in [3.63, 3.8) is 0 Å². The molecule has 1 unspecified atom stereocenters. The highest BCUT2D eigenvalue weighted by Crippen LogP contribution is 2.16. The quantitative estimate of drug-likeness (QED) is 0.0261. The number of carbonyl (C=O) groups excluding carboxylic acids is 3. The molecule has 0 amide bonds. The van der Waals surface area contributed by atoms with Gasteiger partial charge < -0.3 is 14.2 Å². The number of unbranched alkanes of at least 4 members (excludes halogenated alkanes) is 23. The van der Waals surface area contributed by atoms with E-state index >= 15 is 0 Å². The van der Waals surface area contributed by atoms with Crippen LogP contribution in [0.4, 0.5) is 0 Å². The lowest BCUT2D eigenvalue weighted by atomic mass is 10.0. The molecule has 452 valence electrons. The van der Waals surface area contributed by atoms with Gasteiger partial charge in [-0.3, -0.25) is 14.4 Å².